The van der Waals surface area contributed by atoms with Gasteiger partial charge in [-0.15, -0.1) is 5.10 Å². The van der Waals surface area contributed by atoms with Crippen LogP contribution in [0.1, 0.15) is 22.7 Å². The summed E-state index contributed by atoms with van der Waals surface area (Å²) in [5.41, 5.74) is 1.03. The number of hydrogen-bond acceptors (Lipinski definition) is 6. The summed E-state index contributed by atoms with van der Waals surface area (Å²) in [6.45, 7) is 4.69. The summed E-state index contributed by atoms with van der Waals surface area (Å²) in [4.78, 5) is 25.4. The molecule has 4 heterocycles. The summed E-state index contributed by atoms with van der Waals surface area (Å²) in [7, 11) is 3.92. The van der Waals surface area contributed by atoms with Crippen molar-refractivity contribution >= 4 is 5.91 Å². The summed E-state index contributed by atoms with van der Waals surface area (Å²) in [6.07, 6.45) is 4.35. The van der Waals surface area contributed by atoms with Crippen molar-refractivity contribution in [2.45, 2.75) is 13.0 Å². The second kappa shape index (κ2) is 7.36. The molecule has 0 radical (unpaired) electrons. The number of aromatic nitrogens is 4. The predicted octanol–water partition coefficient (Wildman–Crippen LogP) is 0.821. The Labute approximate surface area is 159 Å². The average Bonchev–Trinajstić information content (AvgIpc) is 3.36. The molecule has 2 aromatic heterocycles. The Morgan fingerprint density at radius 2 is 2.19 bits per heavy atom. The lowest BCUT2D eigenvalue weighted by molar-refractivity contribution is 0.0481. The third-order valence-corrected chi connectivity index (χ3v) is 5.74. The number of hydrogen-bond donors (Lipinski definition) is 0. The Kier molecular flexibility index (Phi) is 4.92. The zero-order valence-electron chi connectivity index (χ0n) is 15.9. The van der Waals surface area contributed by atoms with Crippen LogP contribution in [-0.4, -0.2) is 75.3 Å². The van der Waals surface area contributed by atoms with Crippen molar-refractivity contribution in [1.82, 2.24) is 29.5 Å². The minimum Gasteiger partial charge on any atom is -0.375 e. The molecule has 27 heavy (non-hydrogen) atoms. The Morgan fingerprint density at radius 3 is 2.93 bits per heavy atom. The highest BCUT2D eigenvalue weighted by atomic mass is 16.5. The van der Waals surface area contributed by atoms with Crippen LogP contribution < -0.4 is 0 Å². The quantitative estimate of drug-likeness (QED) is 0.776. The Balaban J connectivity index is 1.39. The number of rotatable bonds is 5. The number of nitrogens with zero attached hydrogens (tertiary/aromatic N) is 6. The second-order valence-corrected chi connectivity index (χ2v) is 7.81. The number of ether oxygens (including phenoxy) is 1. The van der Waals surface area contributed by atoms with Crippen molar-refractivity contribution in [2.24, 2.45) is 18.4 Å². The van der Waals surface area contributed by atoms with Crippen molar-refractivity contribution in [2.75, 3.05) is 39.8 Å². The fraction of sp³-hybridized carbons (Fsp3) is 0.579. The Hall–Kier alpha value is -2.32. The van der Waals surface area contributed by atoms with Crippen molar-refractivity contribution in [3.05, 3.63) is 42.2 Å². The number of aryl methyl sites for hydroxylation is 1. The van der Waals surface area contributed by atoms with E-state index in [1.54, 1.807) is 24.3 Å². The predicted molar refractivity (Wildman–Crippen MR) is 98.8 cm³/mol. The molecule has 0 unspecified atom stereocenters. The number of likely N-dealkylation sites (tertiary alicyclic amines) is 2. The van der Waals surface area contributed by atoms with Gasteiger partial charge < -0.3 is 14.5 Å². The van der Waals surface area contributed by atoms with E-state index < -0.39 is 0 Å². The first kappa shape index (κ1) is 18.1. The van der Waals surface area contributed by atoms with E-state index in [9.17, 15) is 4.79 Å². The normalized spacial score (nSPS) is 25.6. The third kappa shape index (κ3) is 3.72. The number of pyridine rings is 1. The van der Waals surface area contributed by atoms with Crippen LogP contribution in [-0.2, 0) is 18.4 Å². The van der Waals surface area contributed by atoms with Gasteiger partial charge in [0.25, 0.3) is 5.91 Å². The molecule has 2 saturated heterocycles. The number of carbonyl (C=O) groups excluding carboxylic acids is 1. The molecule has 2 fully saturated rings. The van der Waals surface area contributed by atoms with Gasteiger partial charge in [0.2, 0.25) is 5.82 Å². The lowest BCUT2D eigenvalue weighted by Gasteiger charge is -2.30. The first-order valence-electron chi connectivity index (χ1n) is 9.37. The Bertz CT molecular complexity index is 795. The van der Waals surface area contributed by atoms with Crippen LogP contribution in [0, 0.1) is 11.3 Å². The molecule has 0 bridgehead atoms. The highest BCUT2D eigenvalue weighted by Crippen LogP contribution is 2.43. The number of amides is 1. The lowest BCUT2D eigenvalue weighted by Crippen LogP contribution is -2.38. The average molecular weight is 370 g/mol. The van der Waals surface area contributed by atoms with Gasteiger partial charge in [-0.25, -0.2) is 4.98 Å². The van der Waals surface area contributed by atoms with Crippen molar-refractivity contribution in [3.63, 3.8) is 0 Å². The SMILES string of the molecule is CN1C[C@H](COCc2ccccn2)[C@]2(CCN(C(=O)c3ncn(C)n3)C2)C1. The van der Waals surface area contributed by atoms with Gasteiger partial charge in [0.15, 0.2) is 0 Å². The van der Waals surface area contributed by atoms with E-state index in [0.717, 1.165) is 38.3 Å². The maximum atomic E-state index is 12.7. The highest BCUT2D eigenvalue weighted by Gasteiger charge is 2.50. The molecule has 4 rings (SSSR count). The lowest BCUT2D eigenvalue weighted by atomic mass is 9.77. The van der Waals surface area contributed by atoms with E-state index in [1.165, 1.54) is 0 Å². The molecule has 1 amide bonds. The van der Waals surface area contributed by atoms with Gasteiger partial charge in [0.1, 0.15) is 6.33 Å². The van der Waals surface area contributed by atoms with Crippen LogP contribution in [0.25, 0.3) is 0 Å². The molecule has 1 spiro atoms. The largest absolute Gasteiger partial charge is 0.375 e. The Morgan fingerprint density at radius 1 is 1.30 bits per heavy atom. The molecule has 2 aliphatic rings. The van der Waals surface area contributed by atoms with E-state index in [4.69, 9.17) is 4.74 Å². The number of carbonyl (C=O) groups is 1. The molecule has 2 aromatic rings. The molecular formula is C19H26N6O2. The molecule has 144 valence electrons. The zero-order valence-corrected chi connectivity index (χ0v) is 15.9. The molecule has 8 nitrogen and oxygen atoms in total. The fourth-order valence-electron chi connectivity index (χ4n) is 4.43. The zero-order chi connectivity index (χ0) is 18.9. The molecule has 2 atom stereocenters. The van der Waals surface area contributed by atoms with Gasteiger partial charge in [0, 0.05) is 50.8 Å². The van der Waals surface area contributed by atoms with Crippen LogP contribution in [0.4, 0.5) is 0 Å². The summed E-state index contributed by atoms with van der Waals surface area (Å²) in [6, 6.07) is 5.86. The van der Waals surface area contributed by atoms with Crippen molar-refractivity contribution < 1.29 is 9.53 Å². The van der Waals surface area contributed by atoms with Gasteiger partial charge in [-0.05, 0) is 25.6 Å². The summed E-state index contributed by atoms with van der Waals surface area (Å²) in [5.74, 6) is 0.611. The summed E-state index contributed by atoms with van der Waals surface area (Å²) in [5, 5.41) is 4.16. The van der Waals surface area contributed by atoms with Crippen LogP contribution in [0.5, 0.6) is 0 Å². The fourth-order valence-corrected chi connectivity index (χ4v) is 4.43. The second-order valence-electron chi connectivity index (χ2n) is 7.81. The molecule has 0 aromatic carbocycles. The standard InChI is InChI=1S/C19H26N6O2/c1-23-9-15(10-27-11-16-5-3-4-7-20-16)19(12-23)6-8-25(13-19)18(26)17-21-14-24(2)22-17/h3-5,7,14-15H,6,8-13H2,1-2H3/t15-,19-/m1/s1. The van der Waals surface area contributed by atoms with Gasteiger partial charge >= 0.3 is 0 Å². The molecular weight excluding hydrogens is 344 g/mol. The van der Waals surface area contributed by atoms with E-state index >= 15 is 0 Å². The molecule has 0 saturated carbocycles. The summed E-state index contributed by atoms with van der Waals surface area (Å²) < 4.78 is 7.57. The van der Waals surface area contributed by atoms with E-state index in [-0.39, 0.29) is 17.1 Å². The van der Waals surface area contributed by atoms with Crippen LogP contribution in [0.15, 0.2) is 30.7 Å². The highest BCUT2D eigenvalue weighted by molar-refractivity contribution is 5.90. The van der Waals surface area contributed by atoms with Crippen LogP contribution in [0.3, 0.4) is 0 Å². The molecule has 8 heteroatoms. The van der Waals surface area contributed by atoms with Gasteiger partial charge in [-0.3, -0.25) is 14.5 Å². The summed E-state index contributed by atoms with van der Waals surface area (Å²) >= 11 is 0. The monoisotopic (exact) mass is 370 g/mol. The van der Waals surface area contributed by atoms with Gasteiger partial charge in [0.05, 0.1) is 18.9 Å². The van der Waals surface area contributed by atoms with Crippen molar-refractivity contribution in [3.8, 4) is 0 Å². The van der Waals surface area contributed by atoms with Crippen molar-refractivity contribution in [1.29, 1.82) is 0 Å². The maximum Gasteiger partial charge on any atom is 0.293 e. The van der Waals surface area contributed by atoms with Gasteiger partial charge in [-0.2, -0.15) is 0 Å². The van der Waals surface area contributed by atoms with E-state index in [0.29, 0.717) is 19.1 Å². The van der Waals surface area contributed by atoms with Crippen LogP contribution >= 0.6 is 0 Å². The molecule has 0 aliphatic carbocycles. The first-order valence-corrected chi connectivity index (χ1v) is 9.37. The maximum absolute atomic E-state index is 12.7. The molecule has 0 N–H and O–H groups in total. The van der Waals surface area contributed by atoms with Crippen LogP contribution in [0.2, 0.25) is 0 Å². The minimum atomic E-state index is -0.0739. The smallest absolute Gasteiger partial charge is 0.293 e. The third-order valence-electron chi connectivity index (χ3n) is 5.74. The van der Waals surface area contributed by atoms with E-state index in [2.05, 4.69) is 27.0 Å². The first-order chi connectivity index (χ1) is 13.1. The van der Waals surface area contributed by atoms with Gasteiger partial charge in [-0.1, -0.05) is 6.07 Å². The molecule has 2 aliphatic heterocycles. The topological polar surface area (TPSA) is 76.4 Å². The van der Waals surface area contributed by atoms with E-state index in [1.807, 2.05) is 23.1 Å². The minimum absolute atomic E-state index is 0.0739.